The number of anilines is 1. The summed E-state index contributed by atoms with van der Waals surface area (Å²) in [5.41, 5.74) is 4.60. The maximum atomic E-state index is 13.3. The Kier molecular flexibility index (Phi) is 4.96. The number of hydrogen-bond acceptors (Lipinski definition) is 4. The minimum Gasteiger partial charge on any atom is -0.463 e. The van der Waals surface area contributed by atoms with Gasteiger partial charge < -0.3 is 10.1 Å². The molecule has 2 heterocycles. The summed E-state index contributed by atoms with van der Waals surface area (Å²) in [5.74, 6) is 0.264. The van der Waals surface area contributed by atoms with Crippen molar-refractivity contribution in [1.82, 2.24) is 9.55 Å². The minimum absolute atomic E-state index is 0.275. The molecule has 1 N–H and O–H groups in total. The molecule has 3 aromatic carbocycles. The average Bonchev–Trinajstić information content (AvgIpc) is 3.17. The number of rotatable bonds is 4. The predicted octanol–water partition coefficient (Wildman–Crippen LogP) is 5.68. The largest absolute Gasteiger partial charge is 0.463 e. The molecule has 6 heteroatoms. The van der Waals surface area contributed by atoms with E-state index in [1.807, 2.05) is 83.4 Å². The van der Waals surface area contributed by atoms with Gasteiger partial charge in [-0.1, -0.05) is 72.3 Å². The monoisotopic (exact) mass is 429 g/mol. The Labute approximate surface area is 184 Å². The number of hydrogen-bond donors (Lipinski definition) is 1. The van der Waals surface area contributed by atoms with Crippen molar-refractivity contribution in [2.45, 2.75) is 13.0 Å². The Bertz CT molecular complexity index is 1310. The summed E-state index contributed by atoms with van der Waals surface area (Å²) in [5, 5.41) is 3.98. The van der Waals surface area contributed by atoms with Crippen LogP contribution in [-0.4, -0.2) is 22.1 Å². The van der Waals surface area contributed by atoms with E-state index in [2.05, 4.69) is 5.32 Å². The SMILES string of the molecule is CCOC(=O)C1=C(c2ccccc2)Nc2nc3ccccc3n2[C@H]1c1ccccc1Cl. The van der Waals surface area contributed by atoms with Crippen LogP contribution in [0.15, 0.2) is 84.4 Å². The third kappa shape index (κ3) is 3.27. The molecule has 0 spiro atoms. The summed E-state index contributed by atoms with van der Waals surface area (Å²) >= 11 is 6.65. The van der Waals surface area contributed by atoms with Crippen LogP contribution in [0.3, 0.4) is 0 Å². The van der Waals surface area contributed by atoms with Crippen LogP contribution in [0.2, 0.25) is 5.02 Å². The van der Waals surface area contributed by atoms with Crippen LogP contribution >= 0.6 is 11.6 Å². The smallest absolute Gasteiger partial charge is 0.338 e. The Balaban J connectivity index is 1.86. The van der Waals surface area contributed by atoms with E-state index >= 15 is 0 Å². The first-order valence-corrected chi connectivity index (χ1v) is 10.5. The molecule has 1 atom stereocenters. The Morgan fingerprint density at radius 2 is 1.74 bits per heavy atom. The quantitative estimate of drug-likeness (QED) is 0.424. The number of benzene rings is 3. The molecule has 5 nitrogen and oxygen atoms in total. The molecule has 0 saturated heterocycles. The Morgan fingerprint density at radius 3 is 2.52 bits per heavy atom. The van der Waals surface area contributed by atoms with Gasteiger partial charge >= 0.3 is 5.97 Å². The Hall–Kier alpha value is -3.57. The molecule has 0 fully saturated rings. The van der Waals surface area contributed by atoms with Crippen molar-refractivity contribution >= 4 is 40.2 Å². The van der Waals surface area contributed by atoms with Gasteiger partial charge in [0, 0.05) is 5.02 Å². The van der Waals surface area contributed by atoms with E-state index in [4.69, 9.17) is 21.3 Å². The molecule has 4 aromatic rings. The zero-order valence-electron chi connectivity index (χ0n) is 16.9. The highest BCUT2D eigenvalue weighted by molar-refractivity contribution is 6.31. The lowest BCUT2D eigenvalue weighted by molar-refractivity contribution is -0.138. The molecule has 0 radical (unpaired) electrons. The summed E-state index contributed by atoms with van der Waals surface area (Å²) in [7, 11) is 0. The summed E-state index contributed by atoms with van der Waals surface area (Å²) in [6.45, 7) is 2.08. The highest BCUT2D eigenvalue weighted by atomic mass is 35.5. The molecule has 0 aliphatic carbocycles. The fourth-order valence-electron chi connectivity index (χ4n) is 4.09. The first kappa shape index (κ1) is 19.4. The lowest BCUT2D eigenvalue weighted by atomic mass is 9.92. The second kappa shape index (κ2) is 7.93. The summed E-state index contributed by atoms with van der Waals surface area (Å²) in [6.07, 6.45) is 0. The van der Waals surface area contributed by atoms with E-state index in [0.717, 1.165) is 22.2 Å². The molecule has 5 rings (SSSR count). The standard InChI is InChI=1S/C25H20ClN3O2/c1-2-31-24(30)21-22(16-10-4-3-5-11-16)28-25-27-19-14-8-9-15-20(19)29(25)23(21)17-12-6-7-13-18(17)26/h3-15,23H,2H2,1H3,(H,27,28)/t23-/m0/s1. The number of esters is 1. The fraction of sp³-hybridized carbons (Fsp3) is 0.120. The van der Waals surface area contributed by atoms with Crippen LogP contribution in [0, 0.1) is 0 Å². The number of carbonyl (C=O) groups excluding carboxylic acids is 1. The number of halogens is 1. The van der Waals surface area contributed by atoms with Crippen LogP contribution in [0.25, 0.3) is 16.7 Å². The van der Waals surface area contributed by atoms with Crippen LogP contribution in [0.5, 0.6) is 0 Å². The lowest BCUT2D eigenvalue weighted by Crippen LogP contribution is -2.29. The van der Waals surface area contributed by atoms with Crippen LogP contribution in [-0.2, 0) is 9.53 Å². The van der Waals surface area contributed by atoms with Gasteiger partial charge in [-0.15, -0.1) is 0 Å². The Morgan fingerprint density at radius 1 is 1.03 bits per heavy atom. The van der Waals surface area contributed by atoms with E-state index in [1.165, 1.54) is 0 Å². The van der Waals surface area contributed by atoms with Crippen molar-refractivity contribution in [2.75, 3.05) is 11.9 Å². The van der Waals surface area contributed by atoms with Gasteiger partial charge in [0.05, 0.1) is 35.0 Å². The average molecular weight is 430 g/mol. The first-order chi connectivity index (χ1) is 15.2. The zero-order valence-corrected chi connectivity index (χ0v) is 17.6. The first-order valence-electron chi connectivity index (χ1n) is 10.1. The maximum Gasteiger partial charge on any atom is 0.338 e. The van der Waals surface area contributed by atoms with Crippen LogP contribution in [0.4, 0.5) is 5.95 Å². The number of carbonyl (C=O) groups is 1. The number of fused-ring (bicyclic) bond motifs is 3. The molecule has 0 amide bonds. The third-order valence-corrected chi connectivity index (χ3v) is 5.74. The van der Waals surface area contributed by atoms with Gasteiger partial charge in [0.25, 0.3) is 0 Å². The van der Waals surface area contributed by atoms with Gasteiger partial charge in [-0.25, -0.2) is 9.78 Å². The number of aromatic nitrogens is 2. The zero-order chi connectivity index (χ0) is 21.4. The fourth-order valence-corrected chi connectivity index (χ4v) is 4.32. The van der Waals surface area contributed by atoms with Gasteiger partial charge in [-0.2, -0.15) is 0 Å². The van der Waals surface area contributed by atoms with E-state index in [0.29, 0.717) is 22.2 Å². The van der Waals surface area contributed by atoms with E-state index < -0.39 is 6.04 Å². The van der Waals surface area contributed by atoms with Gasteiger partial charge in [0.1, 0.15) is 0 Å². The summed E-state index contributed by atoms with van der Waals surface area (Å²) in [4.78, 5) is 18.1. The molecule has 31 heavy (non-hydrogen) atoms. The van der Waals surface area contributed by atoms with Crippen molar-refractivity contribution < 1.29 is 9.53 Å². The van der Waals surface area contributed by atoms with Gasteiger partial charge in [0.15, 0.2) is 0 Å². The molecule has 0 unspecified atom stereocenters. The van der Waals surface area contributed by atoms with Crippen molar-refractivity contribution in [2.24, 2.45) is 0 Å². The van der Waals surface area contributed by atoms with Gasteiger partial charge in [0.2, 0.25) is 5.95 Å². The molecule has 0 bridgehead atoms. The molecular weight excluding hydrogens is 410 g/mol. The van der Waals surface area contributed by atoms with Crippen molar-refractivity contribution in [3.05, 3.63) is 101 Å². The molecule has 1 aliphatic heterocycles. The molecule has 154 valence electrons. The molecule has 1 aromatic heterocycles. The van der Waals surface area contributed by atoms with Crippen LogP contribution < -0.4 is 5.32 Å². The minimum atomic E-state index is -0.494. The summed E-state index contributed by atoms with van der Waals surface area (Å²) in [6, 6.07) is 24.7. The van der Waals surface area contributed by atoms with Crippen molar-refractivity contribution in [1.29, 1.82) is 0 Å². The number of nitrogens with one attached hydrogen (secondary N) is 1. The summed E-state index contributed by atoms with van der Waals surface area (Å²) < 4.78 is 7.54. The van der Waals surface area contributed by atoms with E-state index in [-0.39, 0.29) is 12.6 Å². The number of nitrogens with zero attached hydrogens (tertiary/aromatic N) is 2. The van der Waals surface area contributed by atoms with E-state index in [1.54, 1.807) is 6.92 Å². The number of ether oxygens (including phenoxy) is 1. The van der Waals surface area contributed by atoms with Gasteiger partial charge in [-0.3, -0.25) is 4.57 Å². The highest BCUT2D eigenvalue weighted by Gasteiger charge is 2.37. The number of imidazole rings is 1. The van der Waals surface area contributed by atoms with E-state index in [9.17, 15) is 4.79 Å². The number of para-hydroxylation sites is 2. The second-order valence-electron chi connectivity index (χ2n) is 7.22. The van der Waals surface area contributed by atoms with Gasteiger partial charge in [-0.05, 0) is 36.2 Å². The van der Waals surface area contributed by atoms with Crippen molar-refractivity contribution in [3.8, 4) is 0 Å². The highest BCUT2D eigenvalue weighted by Crippen LogP contribution is 2.43. The van der Waals surface area contributed by atoms with Crippen molar-refractivity contribution in [3.63, 3.8) is 0 Å². The topological polar surface area (TPSA) is 56.1 Å². The second-order valence-corrected chi connectivity index (χ2v) is 7.63. The maximum absolute atomic E-state index is 13.3. The van der Waals surface area contributed by atoms with Crippen LogP contribution in [0.1, 0.15) is 24.1 Å². The third-order valence-electron chi connectivity index (χ3n) is 5.39. The molecule has 1 aliphatic rings. The molecular formula is C25H20ClN3O2. The predicted molar refractivity (Wildman–Crippen MR) is 123 cm³/mol. The normalized spacial score (nSPS) is 15.5. The molecule has 0 saturated carbocycles. The lowest BCUT2D eigenvalue weighted by Gasteiger charge is -2.31.